The van der Waals surface area contributed by atoms with E-state index in [0.29, 0.717) is 17.9 Å². The lowest BCUT2D eigenvalue weighted by atomic mass is 10.1. The summed E-state index contributed by atoms with van der Waals surface area (Å²) in [6, 6.07) is 10.9. The normalized spacial score (nSPS) is 10.8. The lowest BCUT2D eigenvalue weighted by Gasteiger charge is -2.13. The molecule has 0 bridgehead atoms. The molecule has 0 unspecified atom stereocenters. The molecule has 0 aliphatic rings. The summed E-state index contributed by atoms with van der Waals surface area (Å²) in [5.41, 5.74) is 2.88. The monoisotopic (exact) mass is 358 g/mol. The van der Waals surface area contributed by atoms with Crippen LogP contribution in [0.4, 0.5) is 5.69 Å². The van der Waals surface area contributed by atoms with Crippen LogP contribution in [0.25, 0.3) is 0 Å². The fourth-order valence-corrected chi connectivity index (χ4v) is 2.78. The molecule has 0 amide bonds. The molecule has 0 aliphatic heterocycles. The van der Waals surface area contributed by atoms with E-state index >= 15 is 0 Å². The first-order valence-electron chi connectivity index (χ1n) is 8.59. The van der Waals surface area contributed by atoms with E-state index < -0.39 is 0 Å². The van der Waals surface area contributed by atoms with E-state index in [1.165, 1.54) is 11.6 Å². The number of hydrogen-bond donors (Lipinski definition) is 0. The summed E-state index contributed by atoms with van der Waals surface area (Å²) in [6.45, 7) is 3.10. The number of nitro benzene ring substituents is 1. The number of nitrogens with zero attached hydrogens (tertiary/aromatic N) is 2. The van der Waals surface area contributed by atoms with Crippen LogP contribution in [-0.4, -0.2) is 37.6 Å². The van der Waals surface area contributed by atoms with Crippen molar-refractivity contribution < 1.29 is 14.4 Å². The van der Waals surface area contributed by atoms with Gasteiger partial charge >= 0.3 is 0 Å². The second-order valence-electron chi connectivity index (χ2n) is 6.55. The average Bonchev–Trinajstić information content (AvgIpc) is 2.59. The standard InChI is InChI=1S/C20H26N2O4/c1-15-12-18(8-9-19(15)22(23)24)26-14-17-13-16(6-5-11-21(2)3)7-10-20(17)25-4/h7-10,12-13H,5-6,11,14H2,1-4H3. The third kappa shape index (κ3) is 5.46. The maximum atomic E-state index is 10.9. The molecule has 2 rings (SSSR count). The number of benzene rings is 2. The van der Waals surface area contributed by atoms with Crippen molar-refractivity contribution in [3.63, 3.8) is 0 Å². The summed E-state index contributed by atoms with van der Waals surface area (Å²) >= 11 is 0. The minimum atomic E-state index is -0.390. The van der Waals surface area contributed by atoms with Gasteiger partial charge in [-0.2, -0.15) is 0 Å². The summed E-state index contributed by atoms with van der Waals surface area (Å²) in [6.07, 6.45) is 2.08. The predicted octanol–water partition coefficient (Wildman–Crippen LogP) is 3.99. The first-order chi connectivity index (χ1) is 12.4. The van der Waals surface area contributed by atoms with Crippen molar-refractivity contribution in [2.45, 2.75) is 26.4 Å². The van der Waals surface area contributed by atoms with E-state index in [1.54, 1.807) is 26.2 Å². The van der Waals surface area contributed by atoms with Gasteiger partial charge in [0.1, 0.15) is 18.1 Å². The van der Waals surface area contributed by atoms with Crippen molar-refractivity contribution in [3.8, 4) is 11.5 Å². The zero-order valence-corrected chi connectivity index (χ0v) is 15.8. The lowest BCUT2D eigenvalue weighted by Crippen LogP contribution is -2.13. The highest BCUT2D eigenvalue weighted by Gasteiger charge is 2.11. The second-order valence-corrected chi connectivity index (χ2v) is 6.55. The van der Waals surface area contributed by atoms with E-state index in [0.717, 1.165) is 30.7 Å². The SMILES string of the molecule is COc1ccc(CCCN(C)C)cc1COc1ccc([N+](=O)[O-])c(C)c1. The molecule has 0 saturated carbocycles. The zero-order chi connectivity index (χ0) is 19.1. The highest BCUT2D eigenvalue weighted by atomic mass is 16.6. The fraction of sp³-hybridized carbons (Fsp3) is 0.400. The molecule has 26 heavy (non-hydrogen) atoms. The number of rotatable bonds is 9. The Kier molecular flexibility index (Phi) is 6.97. The molecule has 0 atom stereocenters. The van der Waals surface area contributed by atoms with Gasteiger partial charge in [-0.05, 0) is 70.2 Å². The minimum Gasteiger partial charge on any atom is -0.496 e. The van der Waals surface area contributed by atoms with E-state index in [-0.39, 0.29) is 10.6 Å². The van der Waals surface area contributed by atoms with Crippen molar-refractivity contribution in [2.75, 3.05) is 27.7 Å². The number of hydrogen-bond acceptors (Lipinski definition) is 5. The first kappa shape index (κ1) is 19.7. The van der Waals surface area contributed by atoms with Crippen molar-refractivity contribution in [2.24, 2.45) is 0 Å². The molecule has 0 N–H and O–H groups in total. The summed E-state index contributed by atoms with van der Waals surface area (Å²) in [4.78, 5) is 12.7. The highest BCUT2D eigenvalue weighted by Crippen LogP contribution is 2.26. The number of aryl methyl sites for hydroxylation is 2. The molecular weight excluding hydrogens is 332 g/mol. The Bertz CT molecular complexity index is 759. The van der Waals surface area contributed by atoms with Gasteiger partial charge in [-0.15, -0.1) is 0 Å². The average molecular weight is 358 g/mol. The van der Waals surface area contributed by atoms with Crippen LogP contribution >= 0.6 is 0 Å². The molecule has 0 fully saturated rings. The van der Waals surface area contributed by atoms with Crippen molar-refractivity contribution >= 4 is 5.69 Å². The molecule has 6 nitrogen and oxygen atoms in total. The van der Waals surface area contributed by atoms with Crippen molar-refractivity contribution in [3.05, 3.63) is 63.2 Å². The second kappa shape index (κ2) is 9.20. The van der Waals surface area contributed by atoms with Crippen LogP contribution in [-0.2, 0) is 13.0 Å². The fourth-order valence-electron chi connectivity index (χ4n) is 2.78. The maximum absolute atomic E-state index is 10.9. The Balaban J connectivity index is 2.07. The van der Waals surface area contributed by atoms with Gasteiger partial charge in [-0.3, -0.25) is 10.1 Å². The van der Waals surface area contributed by atoms with E-state index in [4.69, 9.17) is 9.47 Å². The number of methoxy groups -OCH3 is 1. The Morgan fingerprint density at radius 2 is 1.92 bits per heavy atom. The van der Waals surface area contributed by atoms with Crippen LogP contribution in [0.3, 0.4) is 0 Å². The van der Waals surface area contributed by atoms with Gasteiger partial charge in [0.2, 0.25) is 0 Å². The Hall–Kier alpha value is -2.60. The lowest BCUT2D eigenvalue weighted by molar-refractivity contribution is -0.385. The van der Waals surface area contributed by atoms with Gasteiger partial charge in [0.15, 0.2) is 0 Å². The van der Waals surface area contributed by atoms with Crippen LogP contribution in [0.1, 0.15) is 23.1 Å². The van der Waals surface area contributed by atoms with Crippen molar-refractivity contribution in [1.29, 1.82) is 0 Å². The third-order valence-electron chi connectivity index (χ3n) is 4.17. The van der Waals surface area contributed by atoms with Crippen LogP contribution in [0.15, 0.2) is 36.4 Å². The molecule has 140 valence electrons. The quantitative estimate of drug-likeness (QED) is 0.501. The summed E-state index contributed by atoms with van der Waals surface area (Å²) in [5, 5.41) is 10.9. The molecule has 0 aromatic heterocycles. The van der Waals surface area contributed by atoms with Crippen LogP contribution in [0.2, 0.25) is 0 Å². The minimum absolute atomic E-state index is 0.0952. The summed E-state index contributed by atoms with van der Waals surface area (Å²) in [5.74, 6) is 1.38. The largest absolute Gasteiger partial charge is 0.496 e. The maximum Gasteiger partial charge on any atom is 0.272 e. The Labute approximate surface area is 154 Å². The Morgan fingerprint density at radius 1 is 1.15 bits per heavy atom. The third-order valence-corrected chi connectivity index (χ3v) is 4.17. The molecule has 2 aromatic rings. The molecule has 2 aromatic carbocycles. The van der Waals surface area contributed by atoms with E-state index in [9.17, 15) is 10.1 Å². The van der Waals surface area contributed by atoms with Gasteiger partial charge in [-0.1, -0.05) is 6.07 Å². The van der Waals surface area contributed by atoms with Gasteiger partial charge in [0.05, 0.1) is 12.0 Å². The van der Waals surface area contributed by atoms with Gasteiger partial charge in [-0.25, -0.2) is 0 Å². The van der Waals surface area contributed by atoms with Crippen LogP contribution in [0, 0.1) is 17.0 Å². The molecule has 0 aliphatic carbocycles. The highest BCUT2D eigenvalue weighted by molar-refractivity contribution is 5.44. The van der Waals surface area contributed by atoms with Gasteiger partial charge < -0.3 is 14.4 Å². The van der Waals surface area contributed by atoms with Crippen LogP contribution in [0.5, 0.6) is 11.5 Å². The molecule has 0 radical (unpaired) electrons. The first-order valence-corrected chi connectivity index (χ1v) is 8.59. The van der Waals surface area contributed by atoms with E-state index in [1.807, 2.05) is 6.07 Å². The molecular formula is C20H26N2O4. The van der Waals surface area contributed by atoms with E-state index in [2.05, 4.69) is 31.1 Å². The van der Waals surface area contributed by atoms with Gasteiger partial charge in [0.25, 0.3) is 5.69 Å². The molecule has 0 heterocycles. The summed E-state index contributed by atoms with van der Waals surface area (Å²) in [7, 11) is 5.78. The van der Waals surface area contributed by atoms with Crippen LogP contribution < -0.4 is 9.47 Å². The molecule has 0 saturated heterocycles. The number of nitro groups is 1. The number of ether oxygens (including phenoxy) is 2. The van der Waals surface area contributed by atoms with Gasteiger partial charge in [0, 0.05) is 17.2 Å². The summed E-state index contributed by atoms with van der Waals surface area (Å²) < 4.78 is 11.3. The predicted molar refractivity (Wildman–Crippen MR) is 102 cm³/mol. The zero-order valence-electron chi connectivity index (χ0n) is 15.8. The molecule has 6 heteroatoms. The van der Waals surface area contributed by atoms with Crippen molar-refractivity contribution in [1.82, 2.24) is 4.90 Å². The Morgan fingerprint density at radius 3 is 2.54 bits per heavy atom. The molecule has 0 spiro atoms. The topological polar surface area (TPSA) is 64.8 Å². The smallest absolute Gasteiger partial charge is 0.272 e.